The number of aromatic nitrogens is 4. The molecule has 7 nitrogen and oxygen atoms in total. The Balaban J connectivity index is 1.45. The van der Waals surface area contributed by atoms with Gasteiger partial charge >= 0.3 is 0 Å². The Morgan fingerprint density at radius 2 is 2.20 bits per heavy atom. The van der Waals surface area contributed by atoms with Crippen LogP contribution in [-0.2, 0) is 18.4 Å². The largest absolute Gasteiger partial charge is 0.365 e. The van der Waals surface area contributed by atoms with Crippen LogP contribution in [0.15, 0.2) is 36.8 Å². The van der Waals surface area contributed by atoms with Crippen molar-refractivity contribution in [2.75, 3.05) is 10.6 Å². The molecule has 2 aromatic heterocycles. The number of anilines is 2. The summed E-state index contributed by atoms with van der Waals surface area (Å²) in [6.45, 7) is 0.605. The van der Waals surface area contributed by atoms with Gasteiger partial charge in [0.25, 0.3) is 0 Å². The van der Waals surface area contributed by atoms with Crippen molar-refractivity contribution in [3.63, 3.8) is 0 Å². The molecule has 1 fully saturated rings. The lowest BCUT2D eigenvalue weighted by molar-refractivity contribution is -0.122. The van der Waals surface area contributed by atoms with E-state index in [9.17, 15) is 4.79 Å². The van der Waals surface area contributed by atoms with Gasteiger partial charge in [-0.1, -0.05) is 18.6 Å². The molecule has 0 aliphatic heterocycles. The molecule has 128 valence electrons. The van der Waals surface area contributed by atoms with E-state index in [1.807, 2.05) is 31.3 Å². The van der Waals surface area contributed by atoms with E-state index in [4.69, 9.17) is 0 Å². The van der Waals surface area contributed by atoms with E-state index in [0.717, 1.165) is 47.4 Å². The van der Waals surface area contributed by atoms with E-state index >= 15 is 0 Å². The number of hydrogen-bond donors (Lipinski definition) is 2. The van der Waals surface area contributed by atoms with Gasteiger partial charge < -0.3 is 10.6 Å². The molecular formula is C18H20N6O. The van der Waals surface area contributed by atoms with Gasteiger partial charge in [0.1, 0.15) is 12.1 Å². The van der Waals surface area contributed by atoms with Gasteiger partial charge in [-0.3, -0.25) is 9.48 Å². The molecule has 0 bridgehead atoms. The summed E-state index contributed by atoms with van der Waals surface area (Å²) in [5.74, 6) is 1.06. The maximum absolute atomic E-state index is 12.1. The molecule has 0 atom stereocenters. The molecule has 0 spiro atoms. The lowest BCUT2D eigenvalue weighted by atomic mass is 9.85. The molecule has 1 amide bonds. The van der Waals surface area contributed by atoms with Gasteiger partial charge in [0.15, 0.2) is 5.65 Å². The molecule has 25 heavy (non-hydrogen) atoms. The third kappa shape index (κ3) is 3.17. The minimum atomic E-state index is 0.129. The summed E-state index contributed by atoms with van der Waals surface area (Å²) >= 11 is 0. The van der Waals surface area contributed by atoms with E-state index < -0.39 is 0 Å². The summed E-state index contributed by atoms with van der Waals surface area (Å²) in [5, 5.41) is 11.4. The Kier molecular flexibility index (Phi) is 4.05. The fourth-order valence-corrected chi connectivity index (χ4v) is 2.96. The summed E-state index contributed by atoms with van der Waals surface area (Å²) in [4.78, 5) is 20.6. The topological polar surface area (TPSA) is 84.7 Å². The van der Waals surface area contributed by atoms with Crippen LogP contribution in [0.25, 0.3) is 11.0 Å². The highest BCUT2D eigenvalue weighted by molar-refractivity contribution is 5.93. The molecule has 0 saturated heterocycles. The van der Waals surface area contributed by atoms with E-state index in [2.05, 4.69) is 25.7 Å². The molecule has 1 aliphatic rings. The summed E-state index contributed by atoms with van der Waals surface area (Å²) in [6, 6.07) is 7.88. The summed E-state index contributed by atoms with van der Waals surface area (Å²) in [7, 11) is 1.85. The van der Waals surface area contributed by atoms with Crippen LogP contribution in [0.2, 0.25) is 0 Å². The Hall–Kier alpha value is -2.96. The zero-order chi connectivity index (χ0) is 17.2. The van der Waals surface area contributed by atoms with Crippen molar-refractivity contribution in [1.29, 1.82) is 0 Å². The number of aryl methyl sites for hydroxylation is 1. The predicted molar refractivity (Wildman–Crippen MR) is 96.0 cm³/mol. The first-order valence-electron chi connectivity index (χ1n) is 8.47. The fraction of sp³-hybridized carbons (Fsp3) is 0.333. The number of nitrogens with one attached hydrogen (secondary N) is 2. The number of carbonyl (C=O) groups excluding carboxylic acids is 1. The van der Waals surface area contributed by atoms with Gasteiger partial charge in [0.05, 0.1) is 11.6 Å². The Labute approximate surface area is 145 Å². The Morgan fingerprint density at radius 3 is 3.00 bits per heavy atom. The third-order valence-corrected chi connectivity index (χ3v) is 4.66. The average Bonchev–Trinajstić information content (AvgIpc) is 2.94. The second kappa shape index (κ2) is 6.51. The van der Waals surface area contributed by atoms with Crippen LogP contribution in [0, 0.1) is 5.92 Å². The van der Waals surface area contributed by atoms with Crippen molar-refractivity contribution in [3.05, 3.63) is 42.4 Å². The number of fused-ring (bicyclic) bond motifs is 1. The molecule has 7 heteroatoms. The smallest absolute Gasteiger partial charge is 0.227 e. The second-order valence-electron chi connectivity index (χ2n) is 6.40. The Morgan fingerprint density at radius 1 is 1.32 bits per heavy atom. The lowest BCUT2D eigenvalue weighted by Gasteiger charge is -2.24. The molecule has 0 radical (unpaired) electrons. The van der Waals surface area contributed by atoms with Gasteiger partial charge in [-0.15, -0.1) is 0 Å². The molecule has 3 aromatic rings. The summed E-state index contributed by atoms with van der Waals surface area (Å²) in [6.07, 6.45) is 6.45. The van der Waals surface area contributed by atoms with Crippen molar-refractivity contribution in [2.45, 2.75) is 25.8 Å². The average molecular weight is 336 g/mol. The number of hydrogen-bond acceptors (Lipinski definition) is 5. The molecule has 2 N–H and O–H groups in total. The lowest BCUT2D eigenvalue weighted by Crippen LogP contribution is -2.28. The van der Waals surface area contributed by atoms with Crippen LogP contribution in [0.5, 0.6) is 0 Å². The van der Waals surface area contributed by atoms with E-state index in [1.165, 1.54) is 6.33 Å². The van der Waals surface area contributed by atoms with E-state index in [-0.39, 0.29) is 11.8 Å². The summed E-state index contributed by atoms with van der Waals surface area (Å²) in [5.41, 5.74) is 2.70. The van der Waals surface area contributed by atoms with E-state index in [1.54, 1.807) is 10.9 Å². The van der Waals surface area contributed by atoms with Crippen molar-refractivity contribution in [1.82, 2.24) is 19.7 Å². The maximum atomic E-state index is 12.1. The predicted octanol–water partition coefficient (Wildman–Crippen LogP) is 2.71. The van der Waals surface area contributed by atoms with E-state index in [0.29, 0.717) is 6.54 Å². The van der Waals surface area contributed by atoms with Crippen molar-refractivity contribution in [2.24, 2.45) is 13.0 Å². The Bertz CT molecular complexity index is 915. The monoisotopic (exact) mass is 336 g/mol. The molecule has 4 rings (SSSR count). The highest BCUT2D eigenvalue weighted by Gasteiger charge is 2.25. The standard InChI is InChI=1S/C18H20N6O/c1-24-17-15(10-22-24)16(20-11-21-17)19-9-12-4-2-7-14(8-12)23-18(25)13-5-3-6-13/h2,4,7-8,10-11,13H,3,5-6,9H2,1H3,(H,23,25)(H,19,20,21). The van der Waals surface area contributed by atoms with Crippen LogP contribution in [0.3, 0.4) is 0 Å². The van der Waals surface area contributed by atoms with Crippen LogP contribution >= 0.6 is 0 Å². The fourth-order valence-electron chi connectivity index (χ4n) is 2.96. The first-order valence-corrected chi connectivity index (χ1v) is 8.47. The quantitative estimate of drug-likeness (QED) is 0.748. The van der Waals surface area contributed by atoms with Gasteiger partial charge in [0.2, 0.25) is 5.91 Å². The minimum Gasteiger partial charge on any atom is -0.365 e. The highest BCUT2D eigenvalue weighted by Crippen LogP contribution is 2.27. The van der Waals surface area contributed by atoms with Crippen LogP contribution in [0.1, 0.15) is 24.8 Å². The normalized spacial score (nSPS) is 14.3. The number of nitrogens with zero attached hydrogens (tertiary/aromatic N) is 4. The van der Waals surface area contributed by atoms with Gasteiger partial charge in [-0.2, -0.15) is 5.10 Å². The van der Waals surface area contributed by atoms with Crippen LogP contribution in [-0.4, -0.2) is 25.7 Å². The number of amides is 1. The number of carbonyl (C=O) groups is 1. The first kappa shape index (κ1) is 15.6. The molecule has 1 aliphatic carbocycles. The zero-order valence-corrected chi connectivity index (χ0v) is 14.1. The van der Waals surface area contributed by atoms with Gasteiger partial charge in [-0.25, -0.2) is 9.97 Å². The number of rotatable bonds is 5. The van der Waals surface area contributed by atoms with Crippen molar-refractivity contribution >= 4 is 28.4 Å². The molecular weight excluding hydrogens is 316 g/mol. The first-order chi connectivity index (χ1) is 12.2. The molecule has 2 heterocycles. The van der Waals surface area contributed by atoms with Crippen LogP contribution in [0.4, 0.5) is 11.5 Å². The third-order valence-electron chi connectivity index (χ3n) is 4.66. The van der Waals surface area contributed by atoms with Crippen molar-refractivity contribution < 1.29 is 4.79 Å². The van der Waals surface area contributed by atoms with Gasteiger partial charge in [-0.05, 0) is 30.5 Å². The van der Waals surface area contributed by atoms with Gasteiger partial charge in [0, 0.05) is 25.2 Å². The highest BCUT2D eigenvalue weighted by atomic mass is 16.1. The molecule has 0 unspecified atom stereocenters. The zero-order valence-electron chi connectivity index (χ0n) is 14.1. The van der Waals surface area contributed by atoms with Crippen LogP contribution < -0.4 is 10.6 Å². The SMILES string of the molecule is Cn1ncc2c(NCc3cccc(NC(=O)C4CCC4)c3)ncnc21. The van der Waals surface area contributed by atoms with Crippen molar-refractivity contribution in [3.8, 4) is 0 Å². The molecule has 1 aromatic carbocycles. The number of benzene rings is 1. The summed E-state index contributed by atoms with van der Waals surface area (Å²) < 4.78 is 1.72. The maximum Gasteiger partial charge on any atom is 0.227 e. The minimum absolute atomic E-state index is 0.129. The molecule has 1 saturated carbocycles. The second-order valence-corrected chi connectivity index (χ2v) is 6.40.